The van der Waals surface area contributed by atoms with E-state index < -0.39 is 11.7 Å². The molecule has 0 aliphatic heterocycles. The number of halogens is 1. The van der Waals surface area contributed by atoms with Gasteiger partial charge in [-0.1, -0.05) is 30.3 Å². The second-order valence-electron chi connectivity index (χ2n) is 6.51. The highest BCUT2D eigenvalue weighted by molar-refractivity contribution is 5.94. The molecule has 0 saturated heterocycles. The van der Waals surface area contributed by atoms with Gasteiger partial charge >= 0.3 is 0 Å². The van der Waals surface area contributed by atoms with E-state index in [0.29, 0.717) is 16.5 Å². The van der Waals surface area contributed by atoms with Crippen LogP contribution >= 0.6 is 0 Å². The predicted molar refractivity (Wildman–Crippen MR) is 107 cm³/mol. The molecule has 4 aromatic rings. The van der Waals surface area contributed by atoms with Crippen molar-refractivity contribution in [3.05, 3.63) is 106 Å². The minimum atomic E-state index is -0.480. The maximum atomic E-state index is 13.4. The lowest BCUT2D eigenvalue weighted by Crippen LogP contribution is -2.29. The smallest absolute Gasteiger partial charge is 0.274 e. The molecule has 6 nitrogen and oxygen atoms in total. The normalized spacial score (nSPS) is 10.8. The number of fused-ring (bicyclic) bond motifs is 1. The lowest BCUT2D eigenvalue weighted by molar-refractivity contribution is 0.0950. The van der Waals surface area contributed by atoms with Gasteiger partial charge in [-0.15, -0.1) is 0 Å². The highest BCUT2D eigenvalue weighted by Gasteiger charge is 2.13. The molecule has 0 fully saturated rings. The second kappa shape index (κ2) is 8.02. The molecule has 29 heavy (non-hydrogen) atoms. The molecule has 7 heteroatoms. The Labute approximate surface area is 165 Å². The minimum absolute atomic E-state index is 0.100. The number of nitrogens with zero attached hydrogens (tertiary/aromatic N) is 3. The van der Waals surface area contributed by atoms with Gasteiger partial charge in [-0.05, 0) is 35.9 Å². The fraction of sp³-hybridized carbons (Fsp3) is 0.0909. The first-order valence-electron chi connectivity index (χ1n) is 9.03. The van der Waals surface area contributed by atoms with Crippen molar-refractivity contribution in [2.75, 3.05) is 0 Å². The Hall–Kier alpha value is -3.87. The van der Waals surface area contributed by atoms with Crippen molar-refractivity contribution in [2.45, 2.75) is 13.1 Å². The van der Waals surface area contributed by atoms with E-state index in [0.717, 1.165) is 5.56 Å². The maximum absolute atomic E-state index is 13.4. The summed E-state index contributed by atoms with van der Waals surface area (Å²) in [7, 11) is 0. The molecule has 144 valence electrons. The number of rotatable bonds is 5. The van der Waals surface area contributed by atoms with Gasteiger partial charge in [-0.3, -0.25) is 14.6 Å². The summed E-state index contributed by atoms with van der Waals surface area (Å²) in [5.41, 5.74) is 1.39. The van der Waals surface area contributed by atoms with Crippen molar-refractivity contribution in [1.29, 1.82) is 0 Å². The summed E-state index contributed by atoms with van der Waals surface area (Å²) in [6, 6.07) is 16.2. The average Bonchev–Trinajstić information content (AvgIpc) is 2.75. The monoisotopic (exact) mass is 388 g/mol. The molecule has 4 rings (SSSR count). The molecule has 0 aliphatic carbocycles. The van der Waals surface area contributed by atoms with Crippen LogP contribution in [0.1, 0.15) is 21.6 Å². The molecule has 0 spiro atoms. The molecule has 0 bridgehead atoms. The van der Waals surface area contributed by atoms with Gasteiger partial charge in [0.2, 0.25) is 0 Å². The van der Waals surface area contributed by atoms with E-state index in [9.17, 15) is 14.0 Å². The van der Waals surface area contributed by atoms with Crippen LogP contribution in [-0.2, 0) is 13.1 Å². The van der Waals surface area contributed by atoms with Crippen molar-refractivity contribution in [1.82, 2.24) is 20.1 Å². The van der Waals surface area contributed by atoms with Crippen molar-refractivity contribution in [3.8, 4) is 0 Å². The fourth-order valence-electron chi connectivity index (χ4n) is 3.10. The SMILES string of the molecule is O=C(NCc1nn(Cc2cccnc2)c(=O)c2ccccc12)c1cccc(F)c1. The highest BCUT2D eigenvalue weighted by atomic mass is 19.1. The summed E-state index contributed by atoms with van der Waals surface area (Å²) in [4.78, 5) is 29.3. The molecular formula is C22H17FN4O2. The number of carbonyl (C=O) groups excluding carboxylic acids is 1. The molecule has 2 heterocycles. The molecule has 0 saturated carbocycles. The Morgan fingerprint density at radius 1 is 1.03 bits per heavy atom. The standard InChI is InChI=1S/C22H17FN4O2/c23-17-7-3-6-16(11-17)21(28)25-13-20-18-8-1-2-9-19(18)22(29)27(26-20)14-15-5-4-10-24-12-15/h1-12H,13-14H2,(H,25,28). The van der Waals surface area contributed by atoms with Gasteiger partial charge in [0.05, 0.1) is 24.2 Å². The lowest BCUT2D eigenvalue weighted by Gasteiger charge is -2.12. The first-order chi connectivity index (χ1) is 14.1. The van der Waals surface area contributed by atoms with E-state index in [4.69, 9.17) is 0 Å². The van der Waals surface area contributed by atoms with Crippen molar-refractivity contribution in [3.63, 3.8) is 0 Å². The van der Waals surface area contributed by atoms with Crippen molar-refractivity contribution >= 4 is 16.7 Å². The number of amides is 1. The summed E-state index contributed by atoms with van der Waals surface area (Å²) in [5, 5.41) is 8.40. The van der Waals surface area contributed by atoms with Crippen LogP contribution in [-0.4, -0.2) is 20.7 Å². The molecule has 0 aliphatic rings. The topological polar surface area (TPSA) is 76.9 Å². The van der Waals surface area contributed by atoms with Crippen LogP contribution in [0.5, 0.6) is 0 Å². The number of carbonyl (C=O) groups is 1. The van der Waals surface area contributed by atoms with Gasteiger partial charge in [-0.25, -0.2) is 9.07 Å². The highest BCUT2D eigenvalue weighted by Crippen LogP contribution is 2.14. The Bertz CT molecular complexity index is 1240. The lowest BCUT2D eigenvalue weighted by atomic mass is 10.1. The summed E-state index contributed by atoms with van der Waals surface area (Å²) in [6.45, 7) is 0.367. The summed E-state index contributed by atoms with van der Waals surface area (Å²) < 4.78 is 14.7. The van der Waals surface area contributed by atoms with Gasteiger partial charge in [-0.2, -0.15) is 5.10 Å². The number of pyridine rings is 1. The van der Waals surface area contributed by atoms with E-state index in [1.54, 1.807) is 36.7 Å². The van der Waals surface area contributed by atoms with Crippen LogP contribution in [0.4, 0.5) is 4.39 Å². The number of benzene rings is 2. The summed E-state index contributed by atoms with van der Waals surface area (Å²) in [6.07, 6.45) is 3.34. The largest absolute Gasteiger partial charge is 0.346 e. The Balaban J connectivity index is 1.67. The fourth-order valence-corrected chi connectivity index (χ4v) is 3.10. The third-order valence-electron chi connectivity index (χ3n) is 4.50. The zero-order valence-electron chi connectivity index (χ0n) is 15.4. The first-order valence-corrected chi connectivity index (χ1v) is 9.03. The molecule has 1 N–H and O–H groups in total. The van der Waals surface area contributed by atoms with Gasteiger partial charge in [0, 0.05) is 23.3 Å². The molecule has 0 unspecified atom stereocenters. The molecule has 2 aromatic heterocycles. The van der Waals surface area contributed by atoms with Crippen LogP contribution in [0, 0.1) is 5.82 Å². The summed E-state index contributed by atoms with van der Waals surface area (Å²) in [5.74, 6) is -0.897. The zero-order chi connectivity index (χ0) is 20.2. The third-order valence-corrected chi connectivity index (χ3v) is 4.50. The second-order valence-corrected chi connectivity index (χ2v) is 6.51. The van der Waals surface area contributed by atoms with E-state index in [1.165, 1.54) is 28.9 Å². The van der Waals surface area contributed by atoms with Crippen LogP contribution in [0.15, 0.2) is 77.9 Å². The van der Waals surface area contributed by atoms with Crippen LogP contribution in [0.2, 0.25) is 0 Å². The number of hydrogen-bond acceptors (Lipinski definition) is 4. The van der Waals surface area contributed by atoms with Crippen LogP contribution in [0.3, 0.4) is 0 Å². The van der Waals surface area contributed by atoms with Crippen LogP contribution < -0.4 is 10.9 Å². The third kappa shape index (κ3) is 4.03. The maximum Gasteiger partial charge on any atom is 0.274 e. The molecule has 0 radical (unpaired) electrons. The summed E-state index contributed by atoms with van der Waals surface area (Å²) >= 11 is 0. The Morgan fingerprint density at radius 3 is 2.62 bits per heavy atom. The van der Waals surface area contributed by atoms with Crippen molar-refractivity contribution < 1.29 is 9.18 Å². The number of aromatic nitrogens is 3. The van der Waals surface area contributed by atoms with Gasteiger partial charge in [0.25, 0.3) is 11.5 Å². The molecule has 0 atom stereocenters. The molecule has 1 amide bonds. The Morgan fingerprint density at radius 2 is 1.86 bits per heavy atom. The predicted octanol–water partition coefficient (Wildman–Crippen LogP) is 2.91. The average molecular weight is 388 g/mol. The van der Waals surface area contributed by atoms with E-state index in [1.807, 2.05) is 12.1 Å². The van der Waals surface area contributed by atoms with Crippen LogP contribution in [0.25, 0.3) is 10.8 Å². The van der Waals surface area contributed by atoms with Gasteiger partial charge < -0.3 is 5.32 Å². The quantitative estimate of drug-likeness (QED) is 0.570. The number of nitrogens with one attached hydrogen (secondary N) is 1. The molecular weight excluding hydrogens is 371 g/mol. The van der Waals surface area contributed by atoms with Crippen molar-refractivity contribution in [2.24, 2.45) is 0 Å². The molecule has 2 aromatic carbocycles. The zero-order valence-corrected chi connectivity index (χ0v) is 15.4. The van der Waals surface area contributed by atoms with Gasteiger partial charge in [0.15, 0.2) is 0 Å². The number of hydrogen-bond donors (Lipinski definition) is 1. The minimum Gasteiger partial charge on any atom is -0.346 e. The van der Waals surface area contributed by atoms with E-state index >= 15 is 0 Å². The Kier molecular flexibility index (Phi) is 5.11. The van der Waals surface area contributed by atoms with E-state index in [2.05, 4.69) is 15.4 Å². The van der Waals surface area contributed by atoms with E-state index in [-0.39, 0.29) is 24.2 Å². The first kappa shape index (κ1) is 18.5. The van der Waals surface area contributed by atoms with Gasteiger partial charge in [0.1, 0.15) is 5.82 Å².